The molecule has 102 valence electrons. The topological polar surface area (TPSA) is 85.1 Å². The molecule has 0 amide bonds. The summed E-state index contributed by atoms with van der Waals surface area (Å²) in [6, 6.07) is 3.44. The number of esters is 1. The highest BCUT2D eigenvalue weighted by molar-refractivity contribution is 5.85. The lowest BCUT2D eigenvalue weighted by Crippen LogP contribution is -2.34. The average Bonchev–Trinajstić information content (AvgIpc) is 2.44. The minimum atomic E-state index is -1.46. The summed E-state index contributed by atoms with van der Waals surface area (Å²) in [5.74, 6) is -0.282. The van der Waals surface area contributed by atoms with E-state index in [4.69, 9.17) is 9.47 Å². The Labute approximate surface area is 112 Å². The molecular formula is C13H17N3O3. The Morgan fingerprint density at radius 3 is 2.79 bits per heavy atom. The molecule has 0 spiro atoms. The van der Waals surface area contributed by atoms with Crippen molar-refractivity contribution in [1.29, 1.82) is 5.26 Å². The molecule has 1 aromatic rings. The van der Waals surface area contributed by atoms with Crippen LogP contribution in [0.5, 0.6) is 5.88 Å². The summed E-state index contributed by atoms with van der Waals surface area (Å²) in [6.07, 6.45) is 2.11. The lowest BCUT2D eigenvalue weighted by Gasteiger charge is -2.18. The minimum absolute atomic E-state index is 0.209. The predicted octanol–water partition coefficient (Wildman–Crippen LogP) is 1.61. The van der Waals surface area contributed by atoms with Crippen LogP contribution in [0.1, 0.15) is 32.9 Å². The molecule has 1 rings (SSSR count). The van der Waals surface area contributed by atoms with Crippen molar-refractivity contribution < 1.29 is 14.3 Å². The smallest absolute Gasteiger partial charge is 0.332 e. The monoisotopic (exact) mass is 263 g/mol. The van der Waals surface area contributed by atoms with Gasteiger partial charge < -0.3 is 9.47 Å². The maximum atomic E-state index is 11.9. The molecule has 0 saturated carbocycles. The lowest BCUT2D eigenvalue weighted by molar-refractivity contribution is -0.147. The number of nitrogens with zero attached hydrogens (tertiary/aromatic N) is 3. The molecule has 0 N–H and O–H groups in total. The van der Waals surface area contributed by atoms with E-state index in [0.717, 1.165) is 6.42 Å². The zero-order chi connectivity index (χ0) is 14.3. The highest BCUT2D eigenvalue weighted by Gasteiger charge is 2.39. The third-order valence-corrected chi connectivity index (χ3v) is 2.52. The fourth-order valence-corrected chi connectivity index (χ4v) is 1.38. The second-order valence-corrected chi connectivity index (χ2v) is 4.05. The fourth-order valence-electron chi connectivity index (χ4n) is 1.38. The van der Waals surface area contributed by atoms with Crippen LogP contribution in [-0.2, 0) is 14.9 Å². The van der Waals surface area contributed by atoms with Gasteiger partial charge in [0.2, 0.25) is 5.88 Å². The van der Waals surface area contributed by atoms with Crippen molar-refractivity contribution in [2.75, 3.05) is 13.2 Å². The molecule has 0 aliphatic carbocycles. The maximum Gasteiger partial charge on any atom is 0.332 e. The summed E-state index contributed by atoms with van der Waals surface area (Å²) >= 11 is 0. The summed E-state index contributed by atoms with van der Waals surface area (Å²) < 4.78 is 10.3. The van der Waals surface area contributed by atoms with Crippen LogP contribution in [0.25, 0.3) is 0 Å². The first-order valence-corrected chi connectivity index (χ1v) is 6.12. The number of ether oxygens (including phenoxy) is 2. The Morgan fingerprint density at radius 1 is 1.47 bits per heavy atom. The highest BCUT2D eigenvalue weighted by Crippen LogP contribution is 2.24. The number of nitriles is 1. The lowest BCUT2D eigenvalue weighted by atomic mass is 9.88. The van der Waals surface area contributed by atoms with E-state index in [1.807, 2.05) is 13.0 Å². The van der Waals surface area contributed by atoms with Crippen LogP contribution < -0.4 is 4.74 Å². The van der Waals surface area contributed by atoms with Crippen LogP contribution in [0.2, 0.25) is 0 Å². The number of hydrogen-bond donors (Lipinski definition) is 0. The van der Waals surface area contributed by atoms with Crippen molar-refractivity contribution in [3.63, 3.8) is 0 Å². The average molecular weight is 263 g/mol. The van der Waals surface area contributed by atoms with Gasteiger partial charge in [-0.25, -0.2) is 14.8 Å². The van der Waals surface area contributed by atoms with Gasteiger partial charge in [-0.3, -0.25) is 0 Å². The molecule has 6 nitrogen and oxygen atoms in total. The molecule has 19 heavy (non-hydrogen) atoms. The molecule has 0 bridgehead atoms. The molecule has 1 unspecified atom stereocenters. The van der Waals surface area contributed by atoms with Crippen molar-refractivity contribution in [2.24, 2.45) is 0 Å². The van der Waals surface area contributed by atoms with Crippen LogP contribution in [-0.4, -0.2) is 29.2 Å². The van der Waals surface area contributed by atoms with Gasteiger partial charge in [-0.05, 0) is 20.3 Å². The second-order valence-electron chi connectivity index (χ2n) is 4.05. The summed E-state index contributed by atoms with van der Waals surface area (Å²) in [4.78, 5) is 19.8. The van der Waals surface area contributed by atoms with Gasteiger partial charge in [0.05, 0.1) is 25.0 Å². The highest BCUT2D eigenvalue weighted by atomic mass is 16.5. The van der Waals surface area contributed by atoms with Gasteiger partial charge in [-0.2, -0.15) is 5.26 Å². The quantitative estimate of drug-likeness (QED) is 0.725. The number of rotatable bonds is 6. The maximum absolute atomic E-state index is 11.9. The summed E-state index contributed by atoms with van der Waals surface area (Å²) in [5.41, 5.74) is -1.18. The van der Waals surface area contributed by atoms with Crippen molar-refractivity contribution in [2.45, 2.75) is 32.6 Å². The van der Waals surface area contributed by atoms with E-state index >= 15 is 0 Å². The summed E-state index contributed by atoms with van der Waals surface area (Å²) in [6.45, 7) is 5.85. The van der Waals surface area contributed by atoms with Gasteiger partial charge in [0, 0.05) is 6.07 Å². The van der Waals surface area contributed by atoms with E-state index in [2.05, 4.69) is 9.97 Å². The van der Waals surface area contributed by atoms with Crippen LogP contribution in [0.3, 0.4) is 0 Å². The third-order valence-electron chi connectivity index (χ3n) is 2.52. The number of carbonyl (C=O) groups excluding carboxylic acids is 1. The first kappa shape index (κ1) is 14.9. The number of hydrogen-bond acceptors (Lipinski definition) is 6. The van der Waals surface area contributed by atoms with Gasteiger partial charge in [0.1, 0.15) is 6.33 Å². The van der Waals surface area contributed by atoms with Crippen LogP contribution in [0, 0.1) is 11.3 Å². The normalized spacial score (nSPS) is 13.2. The van der Waals surface area contributed by atoms with Crippen LogP contribution in [0.4, 0.5) is 0 Å². The van der Waals surface area contributed by atoms with Gasteiger partial charge in [-0.15, -0.1) is 0 Å². The van der Waals surface area contributed by atoms with Gasteiger partial charge in [0.15, 0.2) is 5.41 Å². The molecule has 0 aliphatic rings. The molecule has 1 atom stereocenters. The first-order valence-electron chi connectivity index (χ1n) is 6.12. The van der Waals surface area contributed by atoms with Crippen LogP contribution >= 0.6 is 0 Å². The van der Waals surface area contributed by atoms with E-state index < -0.39 is 11.4 Å². The number of carbonyl (C=O) groups is 1. The molecule has 0 radical (unpaired) electrons. The van der Waals surface area contributed by atoms with E-state index in [1.54, 1.807) is 6.92 Å². The molecule has 0 saturated heterocycles. The van der Waals surface area contributed by atoms with Crippen molar-refractivity contribution in [3.8, 4) is 11.9 Å². The van der Waals surface area contributed by atoms with E-state index in [-0.39, 0.29) is 12.3 Å². The summed E-state index contributed by atoms with van der Waals surface area (Å²) in [5, 5.41) is 9.25. The van der Waals surface area contributed by atoms with E-state index in [9.17, 15) is 10.1 Å². The predicted molar refractivity (Wildman–Crippen MR) is 67.4 cm³/mol. The van der Waals surface area contributed by atoms with Gasteiger partial charge >= 0.3 is 5.97 Å². The Bertz CT molecular complexity index is 484. The SMILES string of the molecule is CCCOc1cc(C(C)(C#N)C(=O)OCC)ncn1. The van der Waals surface area contributed by atoms with E-state index in [1.165, 1.54) is 19.3 Å². The van der Waals surface area contributed by atoms with Crippen molar-refractivity contribution in [3.05, 3.63) is 18.1 Å². The molecular weight excluding hydrogens is 246 g/mol. The number of aromatic nitrogens is 2. The molecule has 0 fully saturated rings. The molecule has 6 heteroatoms. The fraction of sp³-hybridized carbons (Fsp3) is 0.538. The molecule has 0 aromatic carbocycles. The largest absolute Gasteiger partial charge is 0.478 e. The minimum Gasteiger partial charge on any atom is -0.478 e. The Morgan fingerprint density at radius 2 is 2.21 bits per heavy atom. The van der Waals surface area contributed by atoms with E-state index in [0.29, 0.717) is 12.5 Å². The van der Waals surface area contributed by atoms with Gasteiger partial charge in [-0.1, -0.05) is 6.92 Å². The molecule has 1 aromatic heterocycles. The third kappa shape index (κ3) is 3.41. The molecule has 0 aliphatic heterocycles. The van der Waals surface area contributed by atoms with Crippen LogP contribution in [0.15, 0.2) is 12.4 Å². The Balaban J connectivity index is 3.05. The van der Waals surface area contributed by atoms with Gasteiger partial charge in [0.25, 0.3) is 0 Å². The van der Waals surface area contributed by atoms with Crippen molar-refractivity contribution >= 4 is 5.97 Å². The standard InChI is InChI=1S/C13H17N3O3/c1-4-6-19-11-7-10(15-9-16-11)13(3,8-14)12(17)18-5-2/h7,9H,4-6H2,1-3H3. The second kappa shape index (κ2) is 6.69. The summed E-state index contributed by atoms with van der Waals surface area (Å²) in [7, 11) is 0. The first-order chi connectivity index (χ1) is 9.08. The Hall–Kier alpha value is -2.16. The Kier molecular flexibility index (Phi) is 5.24. The van der Waals surface area contributed by atoms with Crippen molar-refractivity contribution in [1.82, 2.24) is 9.97 Å². The zero-order valence-corrected chi connectivity index (χ0v) is 11.3. The molecule has 1 heterocycles. The zero-order valence-electron chi connectivity index (χ0n) is 11.3.